The van der Waals surface area contributed by atoms with Gasteiger partial charge in [-0.25, -0.2) is 4.79 Å². The van der Waals surface area contributed by atoms with Crippen molar-refractivity contribution < 1.29 is 20.3 Å². The summed E-state index contributed by atoms with van der Waals surface area (Å²) in [5.74, 6) is -0.761. The molecule has 1 fully saturated rings. The average Bonchev–Trinajstić information content (AvgIpc) is 2.05. The minimum atomic E-state index is -0.761. The van der Waals surface area contributed by atoms with E-state index in [9.17, 15) is 4.79 Å². The number of nitrogens with two attached hydrogens (primary N) is 1. The SMILES string of the molecule is O=C(O)[C@H]1CCC[C@@H](CO)[NH2+]1. The van der Waals surface area contributed by atoms with E-state index < -0.39 is 5.97 Å². The maximum absolute atomic E-state index is 10.5. The number of carbonyl (C=O) groups is 1. The molecule has 0 saturated carbocycles. The van der Waals surface area contributed by atoms with Gasteiger partial charge in [0.2, 0.25) is 0 Å². The van der Waals surface area contributed by atoms with Gasteiger partial charge < -0.3 is 15.5 Å². The lowest BCUT2D eigenvalue weighted by molar-refractivity contribution is -0.720. The van der Waals surface area contributed by atoms with Gasteiger partial charge >= 0.3 is 5.97 Å². The van der Waals surface area contributed by atoms with E-state index in [1.807, 2.05) is 0 Å². The Bertz CT molecular complexity index is 149. The normalized spacial score (nSPS) is 31.7. The first-order chi connectivity index (χ1) is 5.24. The van der Waals surface area contributed by atoms with Crippen molar-refractivity contribution in [3.63, 3.8) is 0 Å². The third kappa shape index (κ3) is 2.17. The molecule has 0 radical (unpaired) electrons. The van der Waals surface area contributed by atoms with Gasteiger partial charge in [0, 0.05) is 12.8 Å². The van der Waals surface area contributed by atoms with Gasteiger partial charge in [0.25, 0.3) is 0 Å². The molecule has 64 valence electrons. The molecule has 0 amide bonds. The molecule has 4 N–H and O–H groups in total. The maximum Gasteiger partial charge on any atom is 0.362 e. The monoisotopic (exact) mass is 160 g/mol. The van der Waals surface area contributed by atoms with Crippen LogP contribution in [0.25, 0.3) is 0 Å². The molecule has 0 aromatic heterocycles. The summed E-state index contributed by atoms with van der Waals surface area (Å²) in [5.41, 5.74) is 0. The predicted molar refractivity (Wildman–Crippen MR) is 38.1 cm³/mol. The van der Waals surface area contributed by atoms with Crippen molar-refractivity contribution >= 4 is 5.97 Å². The van der Waals surface area contributed by atoms with Crippen LogP contribution in [0.1, 0.15) is 19.3 Å². The number of rotatable bonds is 2. The highest BCUT2D eigenvalue weighted by Gasteiger charge is 2.29. The predicted octanol–water partition coefficient (Wildman–Crippen LogP) is -1.45. The van der Waals surface area contributed by atoms with Gasteiger partial charge in [-0.05, 0) is 6.42 Å². The Kier molecular flexibility index (Phi) is 2.84. The number of aliphatic hydroxyl groups excluding tert-OH is 1. The standard InChI is InChI=1S/C7H13NO3/c9-4-5-2-1-3-6(8-5)7(10)11/h5-6,8-9H,1-4H2,(H,10,11)/p+1/t5-,6+/m0/s1. The van der Waals surface area contributed by atoms with E-state index in [4.69, 9.17) is 10.2 Å². The minimum absolute atomic E-state index is 0.0871. The van der Waals surface area contributed by atoms with Crippen LogP contribution in [0.15, 0.2) is 0 Å². The van der Waals surface area contributed by atoms with Crippen LogP contribution in [-0.2, 0) is 4.79 Å². The summed E-state index contributed by atoms with van der Waals surface area (Å²) in [6.07, 6.45) is 2.57. The first-order valence-electron chi connectivity index (χ1n) is 3.92. The lowest BCUT2D eigenvalue weighted by atomic mass is 9.99. The summed E-state index contributed by atoms with van der Waals surface area (Å²) in [6, 6.07) is -0.231. The summed E-state index contributed by atoms with van der Waals surface area (Å²) in [4.78, 5) is 10.5. The Hall–Kier alpha value is -0.610. The number of quaternary nitrogens is 1. The molecule has 1 saturated heterocycles. The second-order valence-corrected chi connectivity index (χ2v) is 3.01. The summed E-state index contributed by atoms with van der Waals surface area (Å²) < 4.78 is 0. The number of piperidine rings is 1. The van der Waals surface area contributed by atoms with Crippen molar-refractivity contribution in [2.75, 3.05) is 6.61 Å². The molecule has 0 aromatic carbocycles. The molecular formula is C7H14NO3+. The second-order valence-electron chi connectivity index (χ2n) is 3.01. The van der Waals surface area contributed by atoms with Gasteiger partial charge in [-0.2, -0.15) is 0 Å². The fourth-order valence-corrected chi connectivity index (χ4v) is 1.48. The molecule has 0 aromatic rings. The molecule has 4 heteroatoms. The Morgan fingerprint density at radius 3 is 2.82 bits per heavy atom. The van der Waals surface area contributed by atoms with Crippen LogP contribution in [0.4, 0.5) is 0 Å². The van der Waals surface area contributed by atoms with Gasteiger partial charge in [-0.15, -0.1) is 0 Å². The zero-order valence-electron chi connectivity index (χ0n) is 6.36. The zero-order valence-corrected chi connectivity index (χ0v) is 6.36. The van der Waals surface area contributed by atoms with Crippen LogP contribution in [0.3, 0.4) is 0 Å². The Morgan fingerprint density at radius 2 is 2.27 bits per heavy atom. The quantitative estimate of drug-likeness (QED) is 0.462. The van der Waals surface area contributed by atoms with Crippen LogP contribution in [0.2, 0.25) is 0 Å². The van der Waals surface area contributed by atoms with E-state index in [-0.39, 0.29) is 18.7 Å². The van der Waals surface area contributed by atoms with Crippen molar-refractivity contribution in [3.8, 4) is 0 Å². The van der Waals surface area contributed by atoms with Crippen molar-refractivity contribution in [2.45, 2.75) is 31.3 Å². The minimum Gasteiger partial charge on any atom is -0.477 e. The number of aliphatic carboxylic acids is 1. The summed E-state index contributed by atoms with van der Waals surface area (Å²) in [6.45, 7) is 0.0871. The Balaban J connectivity index is 2.39. The fourth-order valence-electron chi connectivity index (χ4n) is 1.48. The van der Waals surface area contributed by atoms with E-state index >= 15 is 0 Å². The van der Waals surface area contributed by atoms with Crippen molar-refractivity contribution in [1.82, 2.24) is 0 Å². The molecular weight excluding hydrogens is 146 g/mol. The third-order valence-corrected chi connectivity index (χ3v) is 2.15. The molecule has 4 nitrogen and oxygen atoms in total. The molecule has 2 atom stereocenters. The van der Waals surface area contributed by atoms with E-state index in [2.05, 4.69) is 0 Å². The topological polar surface area (TPSA) is 74.1 Å². The van der Waals surface area contributed by atoms with Crippen molar-refractivity contribution in [1.29, 1.82) is 0 Å². The van der Waals surface area contributed by atoms with E-state index in [0.29, 0.717) is 0 Å². The van der Waals surface area contributed by atoms with Gasteiger partial charge in [0.15, 0.2) is 6.04 Å². The number of carboxylic acid groups (broad SMARTS) is 1. The van der Waals surface area contributed by atoms with Gasteiger partial charge in [-0.3, -0.25) is 0 Å². The molecule has 1 aliphatic rings. The molecule has 11 heavy (non-hydrogen) atoms. The highest BCUT2D eigenvalue weighted by atomic mass is 16.4. The first-order valence-corrected chi connectivity index (χ1v) is 3.92. The molecule has 1 rings (SSSR count). The molecule has 0 aliphatic carbocycles. The van der Waals surface area contributed by atoms with Crippen molar-refractivity contribution in [2.24, 2.45) is 0 Å². The average molecular weight is 160 g/mol. The summed E-state index contributed by atoms with van der Waals surface area (Å²) in [5, 5.41) is 19.2. The van der Waals surface area contributed by atoms with E-state index in [1.54, 1.807) is 5.32 Å². The number of carboxylic acids is 1. The lowest BCUT2D eigenvalue weighted by Crippen LogP contribution is -2.98. The van der Waals surface area contributed by atoms with Crippen LogP contribution < -0.4 is 5.32 Å². The smallest absolute Gasteiger partial charge is 0.362 e. The van der Waals surface area contributed by atoms with Crippen LogP contribution in [0.5, 0.6) is 0 Å². The Labute approximate surface area is 65.2 Å². The molecule has 1 aliphatic heterocycles. The van der Waals surface area contributed by atoms with E-state index in [0.717, 1.165) is 19.3 Å². The van der Waals surface area contributed by atoms with Gasteiger partial charge in [0.05, 0.1) is 6.61 Å². The molecule has 0 unspecified atom stereocenters. The molecule has 0 bridgehead atoms. The van der Waals surface area contributed by atoms with Crippen LogP contribution in [0, 0.1) is 0 Å². The molecule has 1 heterocycles. The Morgan fingerprint density at radius 1 is 1.55 bits per heavy atom. The largest absolute Gasteiger partial charge is 0.477 e. The highest BCUT2D eigenvalue weighted by Crippen LogP contribution is 2.05. The molecule has 0 spiro atoms. The number of hydrogen-bond acceptors (Lipinski definition) is 2. The summed E-state index contributed by atoms with van der Waals surface area (Å²) in [7, 11) is 0. The van der Waals surface area contributed by atoms with Crippen LogP contribution >= 0.6 is 0 Å². The van der Waals surface area contributed by atoms with Crippen LogP contribution in [-0.4, -0.2) is 34.9 Å². The second kappa shape index (κ2) is 3.69. The summed E-state index contributed by atoms with van der Waals surface area (Å²) >= 11 is 0. The number of aliphatic hydroxyl groups is 1. The lowest BCUT2D eigenvalue weighted by Gasteiger charge is -2.23. The first kappa shape index (κ1) is 8.49. The van der Waals surface area contributed by atoms with Crippen molar-refractivity contribution in [3.05, 3.63) is 0 Å². The van der Waals surface area contributed by atoms with E-state index in [1.165, 1.54) is 0 Å². The van der Waals surface area contributed by atoms with Gasteiger partial charge in [0.1, 0.15) is 6.04 Å². The zero-order chi connectivity index (χ0) is 8.27. The maximum atomic E-state index is 10.5. The number of hydrogen-bond donors (Lipinski definition) is 3. The fraction of sp³-hybridized carbons (Fsp3) is 0.857. The highest BCUT2D eigenvalue weighted by molar-refractivity contribution is 5.71. The third-order valence-electron chi connectivity index (χ3n) is 2.15. The van der Waals surface area contributed by atoms with Gasteiger partial charge in [-0.1, -0.05) is 0 Å².